The molecule has 1 aliphatic rings. The molecule has 1 aromatic rings. The molecule has 134 valence electrons. The van der Waals surface area contributed by atoms with Gasteiger partial charge >= 0.3 is 0 Å². The summed E-state index contributed by atoms with van der Waals surface area (Å²) in [6.07, 6.45) is 3.46. The monoisotopic (exact) mass is 352 g/mol. The van der Waals surface area contributed by atoms with E-state index in [0.717, 1.165) is 44.5 Å². The molecule has 1 aromatic carbocycles. The molecule has 0 saturated carbocycles. The molecule has 1 amide bonds. The lowest BCUT2D eigenvalue weighted by Crippen LogP contribution is -2.35. The Balaban J connectivity index is 1.75. The topological polar surface area (TPSA) is 52.6 Å². The number of carbonyl (C=O) groups is 1. The molecule has 0 bridgehead atoms. The largest absolute Gasteiger partial charge is 0.396 e. The third kappa shape index (κ3) is 5.47. The van der Waals surface area contributed by atoms with Crippen LogP contribution in [0.3, 0.4) is 0 Å². The first-order chi connectivity index (χ1) is 11.5. The maximum atomic E-state index is 12.2. The van der Waals surface area contributed by atoms with Crippen LogP contribution in [0.1, 0.15) is 51.0 Å². The average molecular weight is 353 g/mol. The van der Waals surface area contributed by atoms with Crippen LogP contribution in [0.5, 0.6) is 0 Å². The van der Waals surface area contributed by atoms with Crippen molar-refractivity contribution in [2.75, 3.05) is 31.6 Å². The van der Waals surface area contributed by atoms with Crippen LogP contribution in [0.4, 0.5) is 5.69 Å². The van der Waals surface area contributed by atoms with Gasteiger partial charge in [0.05, 0.1) is 10.7 Å². The number of rotatable bonds is 7. The van der Waals surface area contributed by atoms with Gasteiger partial charge in [-0.05, 0) is 62.4 Å². The number of aliphatic hydroxyl groups excluding tert-OH is 1. The molecule has 0 unspecified atom stereocenters. The summed E-state index contributed by atoms with van der Waals surface area (Å²) in [4.78, 5) is 14.5. The summed E-state index contributed by atoms with van der Waals surface area (Å²) in [6, 6.07) is 5.78. The normalized spacial score (nSPS) is 16.5. The number of halogens is 1. The summed E-state index contributed by atoms with van der Waals surface area (Å²) < 4.78 is 0. The Kier molecular flexibility index (Phi) is 7.53. The summed E-state index contributed by atoms with van der Waals surface area (Å²) in [7, 11) is 0. The van der Waals surface area contributed by atoms with E-state index in [1.54, 1.807) is 0 Å². The maximum Gasteiger partial charge on any atom is 0.224 e. The summed E-state index contributed by atoms with van der Waals surface area (Å²) in [6.45, 7) is 7.46. The molecule has 1 saturated heterocycles. The van der Waals surface area contributed by atoms with Crippen LogP contribution < -0.4 is 5.32 Å². The molecule has 1 heterocycles. The second-order valence-corrected chi connectivity index (χ2v) is 7.36. The summed E-state index contributed by atoms with van der Waals surface area (Å²) in [5, 5.41) is 12.7. The number of nitrogens with one attached hydrogen (secondary N) is 1. The van der Waals surface area contributed by atoms with E-state index >= 15 is 0 Å². The standard InChI is InChI=1S/C19H29ClN2O2/c1-14(2)16-5-3-6-17(19(16)20)21-18(24)7-4-10-22-11-8-15(13-23)9-12-22/h3,5-6,14-15,23H,4,7-13H2,1-2H3,(H,21,24). The number of amides is 1. The molecule has 4 nitrogen and oxygen atoms in total. The van der Waals surface area contributed by atoms with E-state index in [2.05, 4.69) is 24.1 Å². The molecule has 2 N–H and O–H groups in total. The van der Waals surface area contributed by atoms with Crippen molar-refractivity contribution in [1.82, 2.24) is 4.90 Å². The Morgan fingerprint density at radius 3 is 2.71 bits per heavy atom. The first-order valence-electron chi connectivity index (χ1n) is 8.92. The lowest BCUT2D eigenvalue weighted by molar-refractivity contribution is -0.116. The molecule has 1 aliphatic heterocycles. The lowest BCUT2D eigenvalue weighted by Gasteiger charge is -2.30. The van der Waals surface area contributed by atoms with Crippen molar-refractivity contribution in [2.24, 2.45) is 5.92 Å². The predicted octanol–water partition coefficient (Wildman–Crippen LogP) is 3.89. The zero-order chi connectivity index (χ0) is 17.5. The van der Waals surface area contributed by atoms with Crippen molar-refractivity contribution in [2.45, 2.75) is 45.4 Å². The van der Waals surface area contributed by atoms with Crippen LogP contribution in [-0.4, -0.2) is 42.2 Å². The summed E-state index contributed by atoms with van der Waals surface area (Å²) in [5.74, 6) is 0.805. The number of nitrogens with zero attached hydrogens (tertiary/aromatic N) is 1. The highest BCUT2D eigenvalue weighted by Crippen LogP contribution is 2.31. The van der Waals surface area contributed by atoms with Gasteiger partial charge in [0.25, 0.3) is 0 Å². The van der Waals surface area contributed by atoms with Gasteiger partial charge < -0.3 is 15.3 Å². The highest BCUT2D eigenvalue weighted by molar-refractivity contribution is 6.34. The Morgan fingerprint density at radius 1 is 1.38 bits per heavy atom. The van der Waals surface area contributed by atoms with Crippen molar-refractivity contribution in [3.8, 4) is 0 Å². The Labute approximate surface area is 150 Å². The molecular weight excluding hydrogens is 324 g/mol. The molecule has 24 heavy (non-hydrogen) atoms. The summed E-state index contributed by atoms with van der Waals surface area (Å²) in [5.41, 5.74) is 1.76. The fourth-order valence-corrected chi connectivity index (χ4v) is 3.55. The van der Waals surface area contributed by atoms with E-state index in [0.29, 0.717) is 35.6 Å². The first-order valence-corrected chi connectivity index (χ1v) is 9.30. The van der Waals surface area contributed by atoms with Crippen LogP contribution in [0.2, 0.25) is 5.02 Å². The van der Waals surface area contributed by atoms with Gasteiger partial charge in [-0.2, -0.15) is 0 Å². The minimum atomic E-state index is 0.0167. The third-order valence-corrected chi connectivity index (χ3v) is 5.19. The van der Waals surface area contributed by atoms with Crippen LogP contribution in [0.25, 0.3) is 0 Å². The molecular formula is C19H29ClN2O2. The van der Waals surface area contributed by atoms with Crippen LogP contribution in [0.15, 0.2) is 18.2 Å². The molecule has 0 spiro atoms. The van der Waals surface area contributed by atoms with Gasteiger partial charge in [0.2, 0.25) is 5.91 Å². The van der Waals surface area contributed by atoms with Crippen LogP contribution in [0, 0.1) is 5.92 Å². The number of carbonyl (C=O) groups excluding carboxylic acids is 1. The van der Waals surface area contributed by atoms with E-state index in [-0.39, 0.29) is 5.91 Å². The quantitative estimate of drug-likeness (QED) is 0.782. The Bertz CT molecular complexity index is 540. The van der Waals surface area contributed by atoms with E-state index in [1.807, 2.05) is 18.2 Å². The van der Waals surface area contributed by atoms with Crippen molar-refractivity contribution in [3.63, 3.8) is 0 Å². The minimum Gasteiger partial charge on any atom is -0.396 e. The molecule has 0 aromatic heterocycles. The van der Waals surface area contributed by atoms with Gasteiger partial charge in [-0.25, -0.2) is 0 Å². The average Bonchev–Trinajstić information content (AvgIpc) is 2.57. The predicted molar refractivity (Wildman–Crippen MR) is 99.7 cm³/mol. The third-order valence-electron chi connectivity index (χ3n) is 4.77. The number of anilines is 1. The van der Waals surface area contributed by atoms with Crippen LogP contribution in [-0.2, 0) is 4.79 Å². The fraction of sp³-hybridized carbons (Fsp3) is 0.632. The van der Waals surface area contributed by atoms with E-state index in [4.69, 9.17) is 16.7 Å². The van der Waals surface area contributed by atoms with Gasteiger partial charge in [-0.1, -0.05) is 37.6 Å². The highest BCUT2D eigenvalue weighted by Gasteiger charge is 2.18. The van der Waals surface area contributed by atoms with Gasteiger partial charge in [0.15, 0.2) is 0 Å². The van der Waals surface area contributed by atoms with Crippen LogP contribution >= 0.6 is 11.6 Å². The van der Waals surface area contributed by atoms with Crippen molar-refractivity contribution in [1.29, 1.82) is 0 Å². The van der Waals surface area contributed by atoms with Gasteiger partial charge in [-0.3, -0.25) is 4.79 Å². The first kappa shape index (κ1) is 19.2. The SMILES string of the molecule is CC(C)c1cccc(NC(=O)CCCN2CCC(CO)CC2)c1Cl. The second-order valence-electron chi connectivity index (χ2n) is 6.98. The number of piperidine rings is 1. The number of aliphatic hydroxyl groups is 1. The molecule has 0 atom stereocenters. The van der Waals surface area contributed by atoms with Crippen molar-refractivity contribution in [3.05, 3.63) is 28.8 Å². The number of hydrogen-bond donors (Lipinski definition) is 2. The lowest BCUT2D eigenvalue weighted by atomic mass is 9.98. The number of hydrogen-bond acceptors (Lipinski definition) is 3. The number of benzene rings is 1. The minimum absolute atomic E-state index is 0.0167. The molecule has 2 rings (SSSR count). The summed E-state index contributed by atoms with van der Waals surface area (Å²) >= 11 is 6.39. The van der Waals surface area contributed by atoms with Crippen molar-refractivity contribution < 1.29 is 9.90 Å². The Morgan fingerprint density at radius 2 is 2.08 bits per heavy atom. The van der Waals surface area contributed by atoms with E-state index in [9.17, 15) is 4.79 Å². The maximum absolute atomic E-state index is 12.2. The smallest absolute Gasteiger partial charge is 0.224 e. The van der Waals surface area contributed by atoms with E-state index in [1.165, 1.54) is 0 Å². The van der Waals surface area contributed by atoms with Crippen molar-refractivity contribution >= 4 is 23.2 Å². The molecule has 0 radical (unpaired) electrons. The Hall–Kier alpha value is -1.10. The highest BCUT2D eigenvalue weighted by atomic mass is 35.5. The van der Waals surface area contributed by atoms with Gasteiger partial charge in [-0.15, -0.1) is 0 Å². The molecule has 1 fully saturated rings. The van der Waals surface area contributed by atoms with E-state index < -0.39 is 0 Å². The molecule has 0 aliphatic carbocycles. The van der Waals surface area contributed by atoms with Gasteiger partial charge in [0.1, 0.15) is 0 Å². The zero-order valence-corrected chi connectivity index (χ0v) is 15.5. The second kappa shape index (κ2) is 9.40. The fourth-order valence-electron chi connectivity index (χ4n) is 3.16. The zero-order valence-electron chi connectivity index (χ0n) is 14.7. The molecule has 5 heteroatoms. The number of likely N-dealkylation sites (tertiary alicyclic amines) is 1. The van der Waals surface area contributed by atoms with Gasteiger partial charge in [0, 0.05) is 13.0 Å².